The Morgan fingerprint density at radius 3 is 2.71 bits per heavy atom. The summed E-state index contributed by atoms with van der Waals surface area (Å²) in [7, 11) is 1.62. The molecule has 1 amide bonds. The number of benzene rings is 1. The van der Waals surface area contributed by atoms with Crippen molar-refractivity contribution in [3.05, 3.63) is 28.2 Å². The summed E-state index contributed by atoms with van der Waals surface area (Å²) >= 11 is 3.44. The SMILES string of the molecule is CCC(C)(CCO)NC(=O)CCc1ccc(OC)c(Br)c1. The molecular formula is C16H24BrNO3. The molecule has 118 valence electrons. The Bertz CT molecular complexity index is 479. The molecule has 0 bridgehead atoms. The first kappa shape index (κ1) is 18.0. The minimum absolute atomic E-state index is 0.0136. The smallest absolute Gasteiger partial charge is 0.220 e. The van der Waals surface area contributed by atoms with Gasteiger partial charge in [0.1, 0.15) is 5.75 Å². The highest BCUT2D eigenvalue weighted by Crippen LogP contribution is 2.26. The van der Waals surface area contributed by atoms with Crippen LogP contribution in [0.25, 0.3) is 0 Å². The molecule has 4 nitrogen and oxygen atoms in total. The van der Waals surface area contributed by atoms with Crippen molar-refractivity contribution in [1.82, 2.24) is 5.32 Å². The molecule has 0 heterocycles. The zero-order valence-corrected chi connectivity index (χ0v) is 14.5. The number of methoxy groups -OCH3 is 1. The van der Waals surface area contributed by atoms with Crippen LogP contribution in [0.1, 0.15) is 38.7 Å². The van der Waals surface area contributed by atoms with E-state index in [2.05, 4.69) is 21.2 Å². The molecule has 1 atom stereocenters. The number of carbonyl (C=O) groups excluding carboxylic acids is 1. The fourth-order valence-corrected chi connectivity index (χ4v) is 2.68. The average molecular weight is 358 g/mol. The van der Waals surface area contributed by atoms with Gasteiger partial charge in [0.15, 0.2) is 0 Å². The Kier molecular flexibility index (Phi) is 7.18. The summed E-state index contributed by atoms with van der Waals surface area (Å²) in [6.45, 7) is 4.05. The van der Waals surface area contributed by atoms with E-state index in [4.69, 9.17) is 9.84 Å². The Hall–Kier alpha value is -1.07. The first-order chi connectivity index (χ1) is 9.94. The quantitative estimate of drug-likeness (QED) is 0.751. The van der Waals surface area contributed by atoms with Gasteiger partial charge in [0, 0.05) is 18.6 Å². The lowest BCUT2D eigenvalue weighted by atomic mass is 9.94. The van der Waals surface area contributed by atoms with Gasteiger partial charge < -0.3 is 15.2 Å². The van der Waals surface area contributed by atoms with Crippen LogP contribution in [-0.4, -0.2) is 30.3 Å². The fraction of sp³-hybridized carbons (Fsp3) is 0.562. The number of nitrogens with one attached hydrogen (secondary N) is 1. The molecule has 0 fully saturated rings. The minimum Gasteiger partial charge on any atom is -0.496 e. The number of hydrogen-bond donors (Lipinski definition) is 2. The third-order valence-corrected chi connectivity index (χ3v) is 4.36. The lowest BCUT2D eigenvalue weighted by Crippen LogP contribution is -2.46. The van der Waals surface area contributed by atoms with E-state index in [1.54, 1.807) is 7.11 Å². The molecule has 0 aliphatic heterocycles. The fourth-order valence-electron chi connectivity index (χ4n) is 2.10. The molecule has 5 heteroatoms. The first-order valence-electron chi connectivity index (χ1n) is 7.18. The van der Waals surface area contributed by atoms with Crippen LogP contribution >= 0.6 is 15.9 Å². The third-order valence-electron chi connectivity index (χ3n) is 3.74. The average Bonchev–Trinajstić information content (AvgIpc) is 2.45. The van der Waals surface area contributed by atoms with E-state index in [-0.39, 0.29) is 18.1 Å². The Morgan fingerprint density at radius 2 is 2.19 bits per heavy atom. The summed E-state index contributed by atoms with van der Waals surface area (Å²) in [4.78, 5) is 12.0. The highest BCUT2D eigenvalue weighted by Gasteiger charge is 2.23. The number of hydrogen-bond acceptors (Lipinski definition) is 3. The molecule has 0 aliphatic carbocycles. The van der Waals surface area contributed by atoms with Crippen molar-refractivity contribution in [2.24, 2.45) is 0 Å². The van der Waals surface area contributed by atoms with E-state index in [1.165, 1.54) is 0 Å². The van der Waals surface area contributed by atoms with Crippen molar-refractivity contribution in [2.75, 3.05) is 13.7 Å². The number of halogens is 1. The van der Waals surface area contributed by atoms with Gasteiger partial charge in [0.2, 0.25) is 5.91 Å². The van der Waals surface area contributed by atoms with Crippen LogP contribution in [0.3, 0.4) is 0 Å². The van der Waals surface area contributed by atoms with Crippen LogP contribution < -0.4 is 10.1 Å². The van der Waals surface area contributed by atoms with Gasteiger partial charge in [0.25, 0.3) is 0 Å². The van der Waals surface area contributed by atoms with Gasteiger partial charge in [-0.15, -0.1) is 0 Å². The van der Waals surface area contributed by atoms with Gasteiger partial charge in [-0.05, 0) is 59.8 Å². The molecule has 0 aromatic heterocycles. The van der Waals surface area contributed by atoms with Crippen molar-refractivity contribution >= 4 is 21.8 Å². The third kappa shape index (κ3) is 5.67. The zero-order valence-electron chi connectivity index (χ0n) is 12.9. The lowest BCUT2D eigenvalue weighted by Gasteiger charge is -2.29. The highest BCUT2D eigenvalue weighted by atomic mass is 79.9. The lowest BCUT2D eigenvalue weighted by molar-refractivity contribution is -0.123. The van der Waals surface area contributed by atoms with E-state index in [1.807, 2.05) is 32.0 Å². The van der Waals surface area contributed by atoms with Crippen molar-refractivity contribution in [1.29, 1.82) is 0 Å². The number of carbonyl (C=O) groups is 1. The van der Waals surface area contributed by atoms with Crippen LogP contribution in [0.2, 0.25) is 0 Å². The van der Waals surface area contributed by atoms with Crippen LogP contribution in [0, 0.1) is 0 Å². The maximum atomic E-state index is 12.0. The molecule has 0 aliphatic rings. The van der Waals surface area contributed by atoms with Crippen LogP contribution in [0.15, 0.2) is 22.7 Å². The van der Waals surface area contributed by atoms with Gasteiger partial charge in [-0.25, -0.2) is 0 Å². The van der Waals surface area contributed by atoms with E-state index >= 15 is 0 Å². The highest BCUT2D eigenvalue weighted by molar-refractivity contribution is 9.10. The second kappa shape index (κ2) is 8.39. The van der Waals surface area contributed by atoms with Crippen molar-refractivity contribution < 1.29 is 14.6 Å². The molecular weight excluding hydrogens is 334 g/mol. The van der Waals surface area contributed by atoms with Gasteiger partial charge >= 0.3 is 0 Å². The first-order valence-corrected chi connectivity index (χ1v) is 7.97. The molecule has 2 N–H and O–H groups in total. The number of aliphatic hydroxyl groups excluding tert-OH is 1. The van der Waals surface area contributed by atoms with E-state index in [0.717, 1.165) is 22.2 Å². The number of amides is 1. The molecule has 0 radical (unpaired) electrons. The van der Waals surface area contributed by atoms with Crippen molar-refractivity contribution in [3.8, 4) is 5.75 Å². The van der Waals surface area contributed by atoms with E-state index in [0.29, 0.717) is 19.3 Å². The van der Waals surface area contributed by atoms with Crippen molar-refractivity contribution in [3.63, 3.8) is 0 Å². The maximum Gasteiger partial charge on any atom is 0.220 e. The predicted molar refractivity (Wildman–Crippen MR) is 87.6 cm³/mol. The summed E-state index contributed by atoms with van der Waals surface area (Å²) in [6, 6.07) is 5.82. The molecule has 0 saturated carbocycles. The molecule has 1 rings (SSSR count). The summed E-state index contributed by atoms with van der Waals surface area (Å²) in [6.07, 6.45) is 2.48. The summed E-state index contributed by atoms with van der Waals surface area (Å²) < 4.78 is 6.07. The molecule has 1 aromatic rings. The van der Waals surface area contributed by atoms with Crippen LogP contribution in [0.4, 0.5) is 0 Å². The molecule has 0 saturated heterocycles. The largest absolute Gasteiger partial charge is 0.496 e. The Balaban J connectivity index is 2.55. The van der Waals surface area contributed by atoms with Gasteiger partial charge in [-0.1, -0.05) is 13.0 Å². The second-order valence-electron chi connectivity index (χ2n) is 5.40. The number of rotatable bonds is 8. The maximum absolute atomic E-state index is 12.0. The second-order valence-corrected chi connectivity index (χ2v) is 6.26. The molecule has 1 aromatic carbocycles. The molecule has 1 unspecified atom stereocenters. The van der Waals surface area contributed by atoms with Crippen LogP contribution in [0.5, 0.6) is 5.75 Å². The normalized spacial score (nSPS) is 13.6. The Labute approximate surface area is 135 Å². The van der Waals surface area contributed by atoms with Gasteiger partial charge in [-0.3, -0.25) is 4.79 Å². The summed E-state index contributed by atoms with van der Waals surface area (Å²) in [5.74, 6) is 0.796. The number of ether oxygens (including phenoxy) is 1. The van der Waals surface area contributed by atoms with Crippen LogP contribution in [-0.2, 0) is 11.2 Å². The monoisotopic (exact) mass is 357 g/mol. The van der Waals surface area contributed by atoms with E-state index in [9.17, 15) is 4.79 Å². The number of aryl methyl sites for hydroxylation is 1. The van der Waals surface area contributed by atoms with E-state index < -0.39 is 0 Å². The minimum atomic E-state index is -0.327. The Morgan fingerprint density at radius 1 is 1.48 bits per heavy atom. The van der Waals surface area contributed by atoms with Crippen molar-refractivity contribution in [2.45, 2.75) is 45.1 Å². The standard InChI is InChI=1S/C16H24BrNO3/c1-4-16(2,9-10-19)18-15(20)8-6-12-5-7-14(21-3)13(17)11-12/h5,7,11,19H,4,6,8-10H2,1-3H3,(H,18,20). The predicted octanol–water partition coefficient (Wildman–Crippen LogP) is 3.06. The topological polar surface area (TPSA) is 58.6 Å². The summed E-state index contributed by atoms with van der Waals surface area (Å²) in [5, 5.41) is 12.1. The number of aliphatic hydroxyl groups is 1. The zero-order chi connectivity index (χ0) is 15.9. The van der Waals surface area contributed by atoms with Gasteiger partial charge in [-0.2, -0.15) is 0 Å². The summed E-state index contributed by atoms with van der Waals surface area (Å²) in [5.41, 5.74) is 0.755. The molecule has 0 spiro atoms. The molecule has 21 heavy (non-hydrogen) atoms. The van der Waals surface area contributed by atoms with Gasteiger partial charge in [0.05, 0.1) is 11.6 Å².